The highest BCUT2D eigenvalue weighted by atomic mass is 16.2. The normalized spacial score (nSPS) is 18.4. The van der Waals surface area contributed by atoms with Crippen LogP contribution in [0.4, 0.5) is 11.4 Å². The van der Waals surface area contributed by atoms with E-state index in [-0.39, 0.29) is 17.4 Å². The Balaban J connectivity index is 2.05. The molecule has 1 aliphatic heterocycles. The lowest BCUT2D eigenvalue weighted by Gasteiger charge is -2.27. The zero-order chi connectivity index (χ0) is 21.6. The molecule has 2 amide bonds. The third kappa shape index (κ3) is 5.84. The molecule has 1 aliphatic rings. The van der Waals surface area contributed by atoms with Crippen LogP contribution in [0.15, 0.2) is 36.6 Å². The van der Waals surface area contributed by atoms with Gasteiger partial charge in [0, 0.05) is 18.8 Å². The van der Waals surface area contributed by atoms with Gasteiger partial charge in [-0.05, 0) is 44.9 Å². The van der Waals surface area contributed by atoms with E-state index in [2.05, 4.69) is 47.9 Å². The number of likely N-dealkylation sites (tertiary alicyclic amines) is 1. The van der Waals surface area contributed by atoms with Crippen LogP contribution >= 0.6 is 0 Å². The summed E-state index contributed by atoms with van der Waals surface area (Å²) < 4.78 is 0. The second-order valence-electron chi connectivity index (χ2n) is 7.77. The van der Waals surface area contributed by atoms with Crippen molar-refractivity contribution in [1.82, 2.24) is 9.88 Å². The van der Waals surface area contributed by atoms with Crippen molar-refractivity contribution in [2.75, 3.05) is 23.7 Å². The van der Waals surface area contributed by atoms with E-state index in [1.807, 2.05) is 0 Å². The molecule has 2 unspecified atom stereocenters. The molecule has 7 nitrogen and oxygen atoms in total. The van der Waals surface area contributed by atoms with E-state index in [1.165, 1.54) is 12.2 Å². The van der Waals surface area contributed by atoms with Gasteiger partial charge >= 0.3 is 0 Å². The maximum absolute atomic E-state index is 12.7. The largest absolute Gasteiger partial charge is 0.324 e. The first-order chi connectivity index (χ1) is 13.8. The summed E-state index contributed by atoms with van der Waals surface area (Å²) in [4.78, 5) is 31.6. The van der Waals surface area contributed by atoms with Crippen LogP contribution in [0, 0.1) is 24.2 Å². The highest BCUT2D eigenvalue weighted by Crippen LogP contribution is 2.24. The van der Waals surface area contributed by atoms with E-state index >= 15 is 0 Å². The van der Waals surface area contributed by atoms with Crippen molar-refractivity contribution in [3.63, 3.8) is 0 Å². The molecule has 0 bridgehead atoms. The number of amides is 2. The lowest BCUT2D eigenvalue weighted by Crippen LogP contribution is -2.36. The van der Waals surface area contributed by atoms with E-state index in [4.69, 9.17) is 5.41 Å². The first-order valence-corrected chi connectivity index (χ1v) is 9.92. The van der Waals surface area contributed by atoms with E-state index in [0.717, 1.165) is 25.7 Å². The van der Waals surface area contributed by atoms with E-state index in [1.54, 1.807) is 19.2 Å². The molecule has 29 heavy (non-hydrogen) atoms. The second-order valence-corrected chi connectivity index (χ2v) is 7.77. The average Bonchev–Trinajstić information content (AvgIpc) is 3.18. The Morgan fingerprint density at radius 2 is 2.07 bits per heavy atom. The molecule has 0 radical (unpaired) electrons. The topological polar surface area (TPSA) is 98.2 Å². The van der Waals surface area contributed by atoms with Gasteiger partial charge in [0.05, 0.1) is 34.8 Å². The molecule has 3 N–H and O–H groups in total. The van der Waals surface area contributed by atoms with Crippen LogP contribution in [0.3, 0.4) is 0 Å². The molecule has 1 aromatic heterocycles. The van der Waals surface area contributed by atoms with Crippen LogP contribution in [0.1, 0.15) is 32.9 Å². The summed E-state index contributed by atoms with van der Waals surface area (Å²) in [6.07, 6.45) is 6.30. The molecule has 156 valence electrons. The predicted molar refractivity (Wildman–Crippen MR) is 117 cm³/mol. The van der Waals surface area contributed by atoms with Crippen molar-refractivity contribution in [3.05, 3.63) is 42.3 Å². The van der Waals surface area contributed by atoms with Crippen molar-refractivity contribution in [1.29, 1.82) is 5.41 Å². The Hall–Kier alpha value is -2.80. The molecule has 1 aromatic rings. The number of rotatable bonds is 8. The summed E-state index contributed by atoms with van der Waals surface area (Å²) in [7, 11) is 0. The highest BCUT2D eigenvalue weighted by molar-refractivity contribution is 6.17. The van der Waals surface area contributed by atoms with Gasteiger partial charge in [-0.2, -0.15) is 0 Å². The summed E-state index contributed by atoms with van der Waals surface area (Å²) in [6.45, 7) is 13.6. The van der Waals surface area contributed by atoms with Gasteiger partial charge in [-0.25, -0.2) is 0 Å². The molecule has 7 heteroatoms. The number of hydrogen-bond acceptors (Lipinski definition) is 5. The molecule has 0 spiro atoms. The molecule has 1 fully saturated rings. The van der Waals surface area contributed by atoms with Crippen molar-refractivity contribution >= 4 is 29.4 Å². The number of nitrogens with zero attached hydrogens (tertiary/aromatic N) is 2. The minimum absolute atomic E-state index is 0.0295. The fourth-order valence-corrected chi connectivity index (χ4v) is 3.28. The summed E-state index contributed by atoms with van der Waals surface area (Å²) in [6, 6.07) is 2.14. The number of allylic oxidation sites excluding steroid dienone is 2. The minimum Gasteiger partial charge on any atom is -0.324 e. The van der Waals surface area contributed by atoms with Gasteiger partial charge in [0.25, 0.3) is 5.91 Å². The number of pyridine rings is 1. The molecule has 0 saturated carbocycles. The van der Waals surface area contributed by atoms with Gasteiger partial charge in [-0.15, -0.1) is 0 Å². The number of aryl methyl sites for hydroxylation is 1. The Kier molecular flexibility index (Phi) is 7.84. The van der Waals surface area contributed by atoms with Gasteiger partial charge in [-0.3, -0.25) is 19.5 Å². The molecule has 2 rings (SSSR count). The van der Waals surface area contributed by atoms with Crippen LogP contribution in [0.25, 0.3) is 0 Å². The third-order valence-corrected chi connectivity index (χ3v) is 5.45. The Morgan fingerprint density at radius 1 is 1.34 bits per heavy atom. The quantitative estimate of drug-likeness (QED) is 0.356. The van der Waals surface area contributed by atoms with Crippen LogP contribution in [0.2, 0.25) is 0 Å². The van der Waals surface area contributed by atoms with Crippen molar-refractivity contribution in [2.24, 2.45) is 11.8 Å². The molecule has 2 atom stereocenters. The smallest absolute Gasteiger partial charge is 0.257 e. The van der Waals surface area contributed by atoms with Crippen LogP contribution in [0.5, 0.6) is 0 Å². The van der Waals surface area contributed by atoms with Gasteiger partial charge < -0.3 is 16.0 Å². The fourth-order valence-electron chi connectivity index (χ4n) is 3.28. The van der Waals surface area contributed by atoms with Crippen molar-refractivity contribution in [3.8, 4) is 0 Å². The number of carbonyl (C=O) groups is 2. The zero-order valence-corrected chi connectivity index (χ0v) is 17.7. The lowest BCUT2D eigenvalue weighted by molar-refractivity contribution is -0.119. The van der Waals surface area contributed by atoms with Gasteiger partial charge in [-0.1, -0.05) is 26.5 Å². The lowest BCUT2D eigenvalue weighted by atomic mass is 10.0. The number of anilines is 2. The average molecular weight is 398 g/mol. The van der Waals surface area contributed by atoms with Gasteiger partial charge in [0.1, 0.15) is 0 Å². The maximum atomic E-state index is 12.7. The number of nitrogens with one attached hydrogen (secondary N) is 3. The number of aromatic nitrogens is 1. The zero-order valence-electron chi connectivity index (χ0n) is 17.7. The summed E-state index contributed by atoms with van der Waals surface area (Å²) in [5, 5.41) is 13.0. The Morgan fingerprint density at radius 3 is 2.69 bits per heavy atom. The fraction of sp³-hybridized carbons (Fsp3) is 0.455. The van der Waals surface area contributed by atoms with Crippen LogP contribution in [-0.2, 0) is 9.59 Å². The van der Waals surface area contributed by atoms with E-state index in [9.17, 15) is 9.59 Å². The molecule has 0 aliphatic carbocycles. The number of carbonyl (C=O) groups excluding carboxylic acids is 2. The third-order valence-electron chi connectivity index (χ3n) is 5.45. The van der Waals surface area contributed by atoms with Crippen LogP contribution < -0.4 is 10.6 Å². The maximum Gasteiger partial charge on any atom is 0.257 e. The Bertz CT molecular complexity index is 815. The summed E-state index contributed by atoms with van der Waals surface area (Å²) >= 11 is 0. The standard InChI is InChI=1S/C22H31N5O2/c1-6-7-17(11-23)21(28)26-20-10-19(12-24-15(20)4)25-22(29)18-8-9-27(13-18)16(5)14(2)3/h6-7,10-12,14,16,18,23H,1,8-9,13H2,2-5H3,(H,25,29)(H,26,28). The number of hydrogen-bond donors (Lipinski definition) is 3. The molecule has 2 heterocycles. The monoisotopic (exact) mass is 397 g/mol. The molecule has 0 aromatic carbocycles. The molecular formula is C22H31N5O2. The van der Waals surface area contributed by atoms with Crippen molar-refractivity contribution < 1.29 is 9.59 Å². The summed E-state index contributed by atoms with van der Waals surface area (Å²) in [5.74, 6) is 0.0290. The molecule has 1 saturated heterocycles. The first-order valence-electron chi connectivity index (χ1n) is 9.92. The van der Waals surface area contributed by atoms with E-state index < -0.39 is 5.91 Å². The minimum atomic E-state index is -0.428. The second kappa shape index (κ2) is 10.1. The van der Waals surface area contributed by atoms with Crippen molar-refractivity contribution in [2.45, 2.75) is 40.2 Å². The summed E-state index contributed by atoms with van der Waals surface area (Å²) in [5.41, 5.74) is 1.83. The predicted octanol–water partition coefficient (Wildman–Crippen LogP) is 3.40. The van der Waals surface area contributed by atoms with Gasteiger partial charge in [0.2, 0.25) is 5.91 Å². The highest BCUT2D eigenvalue weighted by Gasteiger charge is 2.31. The van der Waals surface area contributed by atoms with Crippen LogP contribution in [-0.4, -0.2) is 47.0 Å². The first kappa shape index (κ1) is 22.5. The van der Waals surface area contributed by atoms with Gasteiger partial charge in [0.15, 0.2) is 0 Å². The SMILES string of the molecule is C=CC=C(C=N)C(=O)Nc1cc(NC(=O)C2CCN(C(C)C(C)C)C2)cnc1C. The van der Waals surface area contributed by atoms with E-state index in [0.29, 0.717) is 29.0 Å². The molecular weight excluding hydrogens is 366 g/mol. The Labute approximate surface area is 172 Å².